The van der Waals surface area contributed by atoms with Crippen molar-refractivity contribution in [1.82, 2.24) is 10.3 Å². The SMILES string of the molecule is CCNCc1cc(F)ccc1Sc1ncco1. The molecule has 2 aromatic rings. The van der Waals surface area contributed by atoms with E-state index < -0.39 is 0 Å². The first-order valence-electron chi connectivity index (χ1n) is 5.36. The number of hydrogen-bond donors (Lipinski definition) is 1. The van der Waals surface area contributed by atoms with Crippen molar-refractivity contribution in [2.75, 3.05) is 6.54 Å². The zero-order valence-electron chi connectivity index (χ0n) is 9.44. The van der Waals surface area contributed by atoms with Gasteiger partial charge in [0.25, 0.3) is 5.22 Å². The van der Waals surface area contributed by atoms with Gasteiger partial charge < -0.3 is 9.73 Å². The molecule has 1 N–H and O–H groups in total. The number of hydrogen-bond acceptors (Lipinski definition) is 4. The molecule has 1 aromatic carbocycles. The van der Waals surface area contributed by atoms with Crippen LogP contribution in [0.1, 0.15) is 12.5 Å². The van der Waals surface area contributed by atoms with Crippen LogP contribution in [0.15, 0.2) is 45.2 Å². The molecule has 17 heavy (non-hydrogen) atoms. The second-order valence-electron chi connectivity index (χ2n) is 3.43. The van der Waals surface area contributed by atoms with Gasteiger partial charge in [0.1, 0.15) is 12.1 Å². The molecule has 0 atom stereocenters. The highest BCUT2D eigenvalue weighted by Crippen LogP contribution is 2.29. The minimum atomic E-state index is -0.227. The fourth-order valence-electron chi connectivity index (χ4n) is 1.40. The van der Waals surface area contributed by atoms with Gasteiger partial charge in [0.2, 0.25) is 0 Å². The second kappa shape index (κ2) is 5.84. The lowest BCUT2D eigenvalue weighted by Gasteiger charge is -2.07. The van der Waals surface area contributed by atoms with Gasteiger partial charge in [-0.25, -0.2) is 9.37 Å². The largest absolute Gasteiger partial charge is 0.440 e. The molecule has 0 fully saturated rings. The van der Waals surface area contributed by atoms with E-state index in [0.29, 0.717) is 11.8 Å². The molecular formula is C12H13FN2OS. The third kappa shape index (κ3) is 3.31. The van der Waals surface area contributed by atoms with Crippen LogP contribution < -0.4 is 5.32 Å². The maximum Gasteiger partial charge on any atom is 0.260 e. The summed E-state index contributed by atoms with van der Waals surface area (Å²) in [6.07, 6.45) is 3.12. The van der Waals surface area contributed by atoms with Crippen molar-refractivity contribution in [3.63, 3.8) is 0 Å². The first-order chi connectivity index (χ1) is 8.29. The van der Waals surface area contributed by atoms with Crippen molar-refractivity contribution in [2.24, 2.45) is 0 Å². The normalized spacial score (nSPS) is 10.7. The van der Waals surface area contributed by atoms with Crippen molar-refractivity contribution < 1.29 is 8.81 Å². The number of benzene rings is 1. The maximum atomic E-state index is 13.2. The number of nitrogens with zero attached hydrogens (tertiary/aromatic N) is 1. The highest BCUT2D eigenvalue weighted by Gasteiger charge is 2.08. The maximum absolute atomic E-state index is 13.2. The molecule has 0 spiro atoms. The number of nitrogens with one attached hydrogen (secondary N) is 1. The standard InChI is InChI=1S/C12H13FN2OS/c1-2-14-8-9-7-10(13)3-4-11(9)17-12-15-5-6-16-12/h3-7,14H,2,8H2,1H3. The minimum absolute atomic E-state index is 0.227. The summed E-state index contributed by atoms with van der Waals surface area (Å²) in [6.45, 7) is 3.50. The third-order valence-electron chi connectivity index (χ3n) is 2.19. The Kier molecular flexibility index (Phi) is 4.17. The van der Waals surface area contributed by atoms with E-state index in [0.717, 1.165) is 17.0 Å². The summed E-state index contributed by atoms with van der Waals surface area (Å²) in [5.41, 5.74) is 0.912. The molecule has 1 heterocycles. The van der Waals surface area contributed by atoms with Gasteiger partial charge in [-0.15, -0.1) is 0 Å². The monoisotopic (exact) mass is 252 g/mol. The molecule has 5 heteroatoms. The lowest BCUT2D eigenvalue weighted by Crippen LogP contribution is -2.12. The van der Waals surface area contributed by atoms with Crippen molar-refractivity contribution in [1.29, 1.82) is 0 Å². The highest BCUT2D eigenvalue weighted by molar-refractivity contribution is 7.99. The first-order valence-corrected chi connectivity index (χ1v) is 6.17. The number of rotatable bonds is 5. The molecule has 90 valence electrons. The molecule has 0 aliphatic rings. The lowest BCUT2D eigenvalue weighted by molar-refractivity contribution is 0.454. The van der Waals surface area contributed by atoms with Gasteiger partial charge in [-0.2, -0.15) is 0 Å². The Morgan fingerprint density at radius 1 is 1.47 bits per heavy atom. The predicted octanol–water partition coefficient (Wildman–Crippen LogP) is 3.07. The Balaban J connectivity index is 2.19. The molecule has 0 saturated carbocycles. The smallest absolute Gasteiger partial charge is 0.260 e. The lowest BCUT2D eigenvalue weighted by atomic mass is 10.2. The third-order valence-corrected chi connectivity index (χ3v) is 3.19. The Morgan fingerprint density at radius 2 is 2.35 bits per heavy atom. The van der Waals surface area contributed by atoms with Crippen LogP contribution in [0.25, 0.3) is 0 Å². The van der Waals surface area contributed by atoms with E-state index in [2.05, 4.69) is 10.3 Å². The predicted molar refractivity (Wildman–Crippen MR) is 64.4 cm³/mol. The summed E-state index contributed by atoms with van der Waals surface area (Å²) in [4.78, 5) is 4.99. The quantitative estimate of drug-likeness (QED) is 0.887. The van der Waals surface area contributed by atoms with Gasteiger partial charge in [0, 0.05) is 11.4 Å². The summed E-state index contributed by atoms with van der Waals surface area (Å²) < 4.78 is 18.3. The van der Waals surface area contributed by atoms with Crippen molar-refractivity contribution >= 4 is 11.8 Å². The number of halogens is 1. The second-order valence-corrected chi connectivity index (χ2v) is 4.43. The molecule has 0 unspecified atom stereocenters. The van der Waals surface area contributed by atoms with E-state index in [1.165, 1.54) is 30.2 Å². The van der Waals surface area contributed by atoms with Crippen molar-refractivity contribution in [2.45, 2.75) is 23.6 Å². The summed E-state index contributed by atoms with van der Waals surface area (Å²) in [7, 11) is 0. The van der Waals surface area contributed by atoms with Gasteiger partial charge in [-0.1, -0.05) is 6.92 Å². The van der Waals surface area contributed by atoms with Crippen molar-refractivity contribution in [3.05, 3.63) is 42.0 Å². The topological polar surface area (TPSA) is 38.1 Å². The van der Waals surface area contributed by atoms with Crippen LogP contribution in [0, 0.1) is 5.82 Å². The van der Waals surface area contributed by atoms with E-state index in [9.17, 15) is 4.39 Å². The Hall–Kier alpha value is -1.33. The summed E-state index contributed by atoms with van der Waals surface area (Å²) in [6, 6.07) is 4.73. The average Bonchev–Trinajstić information content (AvgIpc) is 2.82. The van der Waals surface area contributed by atoms with E-state index in [-0.39, 0.29) is 5.82 Å². The fraction of sp³-hybridized carbons (Fsp3) is 0.250. The molecule has 0 saturated heterocycles. The van der Waals surface area contributed by atoms with Crippen LogP contribution in [-0.4, -0.2) is 11.5 Å². The van der Waals surface area contributed by atoms with Crippen LogP contribution in [0.2, 0.25) is 0 Å². The molecule has 0 radical (unpaired) electrons. The molecule has 1 aromatic heterocycles. The minimum Gasteiger partial charge on any atom is -0.440 e. The van der Waals surface area contributed by atoms with Gasteiger partial charge >= 0.3 is 0 Å². The zero-order chi connectivity index (χ0) is 12.1. The fourth-order valence-corrected chi connectivity index (χ4v) is 2.20. The van der Waals surface area contributed by atoms with E-state index >= 15 is 0 Å². The Bertz CT molecular complexity index is 473. The van der Waals surface area contributed by atoms with E-state index in [4.69, 9.17) is 4.42 Å². The van der Waals surface area contributed by atoms with Gasteiger partial charge in [-0.3, -0.25) is 0 Å². The first kappa shape index (κ1) is 12.1. The molecule has 3 nitrogen and oxygen atoms in total. The van der Waals surface area contributed by atoms with Crippen LogP contribution in [0.4, 0.5) is 4.39 Å². The Labute approximate surface area is 103 Å². The van der Waals surface area contributed by atoms with Crippen molar-refractivity contribution in [3.8, 4) is 0 Å². The molecular weight excluding hydrogens is 239 g/mol. The van der Waals surface area contributed by atoms with Crippen LogP contribution in [-0.2, 0) is 6.54 Å². The molecule has 0 bridgehead atoms. The van der Waals surface area contributed by atoms with Gasteiger partial charge in [0.15, 0.2) is 0 Å². The van der Waals surface area contributed by atoms with E-state index in [1.54, 1.807) is 12.3 Å². The summed E-state index contributed by atoms with van der Waals surface area (Å²) >= 11 is 1.40. The zero-order valence-corrected chi connectivity index (χ0v) is 10.3. The number of oxazole rings is 1. The molecule has 2 rings (SSSR count). The Morgan fingerprint density at radius 3 is 3.06 bits per heavy atom. The van der Waals surface area contributed by atoms with Gasteiger partial charge in [0.05, 0.1) is 6.20 Å². The molecule has 0 aliphatic carbocycles. The van der Waals surface area contributed by atoms with Crippen LogP contribution in [0.5, 0.6) is 0 Å². The molecule has 0 amide bonds. The average molecular weight is 252 g/mol. The summed E-state index contributed by atoms with van der Waals surface area (Å²) in [5, 5.41) is 3.74. The highest BCUT2D eigenvalue weighted by atomic mass is 32.2. The number of aromatic nitrogens is 1. The van der Waals surface area contributed by atoms with Crippen LogP contribution in [0.3, 0.4) is 0 Å². The van der Waals surface area contributed by atoms with Crippen LogP contribution >= 0.6 is 11.8 Å². The molecule has 0 aliphatic heterocycles. The summed E-state index contributed by atoms with van der Waals surface area (Å²) in [5.74, 6) is -0.227. The van der Waals surface area contributed by atoms with Gasteiger partial charge in [-0.05, 0) is 42.1 Å². The van der Waals surface area contributed by atoms with E-state index in [1.807, 2.05) is 6.92 Å².